The standard InChI is InChI=1S/C51H58F3N7O9S2/c1-33-23-36(51(52,53)54)7-10-42(33)44-27-50(2,3)15-13-35(44)30-58-17-19-59(20-18-58)37-8-11-43(48(25-37)70-38-24-34-14-16-55-49(34)57-28-38)47(62)32-71(65,66)41-9-12-45(46(26-41)61(63)64)56-29-39-31-60(21-22-69-39)72(67,68)40-5-4-6-40/h7-12,14,16,23-26,28,39-40,56H,4-6,13,15,17-22,27,29-32H2,1-3H3,(H,55,57). The van der Waals surface area contributed by atoms with Crippen LogP contribution in [0.1, 0.15) is 79.4 Å². The molecule has 2 aliphatic heterocycles. The lowest BCUT2D eigenvalue weighted by molar-refractivity contribution is -0.384. The van der Waals surface area contributed by atoms with Gasteiger partial charge in [0.2, 0.25) is 10.0 Å². The number of sulfone groups is 1. The number of aromatic nitrogens is 2. The fraction of sp³-hybridized carbons (Fsp3) is 0.451. The third-order valence-corrected chi connectivity index (χ3v) is 18.4. The number of ketones is 1. The molecule has 3 aromatic carbocycles. The highest BCUT2D eigenvalue weighted by molar-refractivity contribution is 7.92. The van der Waals surface area contributed by atoms with Gasteiger partial charge in [-0.3, -0.25) is 19.8 Å². The van der Waals surface area contributed by atoms with Crippen LogP contribution in [-0.2, 0) is 30.8 Å². The number of aromatic amines is 1. The Morgan fingerprint density at radius 3 is 2.49 bits per heavy atom. The first kappa shape index (κ1) is 51.0. The number of benzene rings is 3. The first-order valence-electron chi connectivity index (χ1n) is 24.1. The predicted molar refractivity (Wildman–Crippen MR) is 268 cm³/mol. The summed E-state index contributed by atoms with van der Waals surface area (Å²) in [6.07, 6.45) is 2.82. The highest BCUT2D eigenvalue weighted by Crippen LogP contribution is 2.45. The highest BCUT2D eigenvalue weighted by Gasteiger charge is 2.39. The van der Waals surface area contributed by atoms with Gasteiger partial charge in [-0.2, -0.15) is 17.5 Å². The molecule has 72 heavy (non-hydrogen) atoms. The number of alkyl halides is 3. The molecule has 3 fully saturated rings. The Hall–Kier alpha value is -5.87. The number of nitro groups is 1. The topological polar surface area (TPSA) is 197 Å². The SMILES string of the molecule is Cc1cc(C(F)(F)F)ccc1C1=C(CN2CCN(c3ccc(C(=O)CS(=O)(=O)c4ccc(NCC5CN(S(=O)(=O)C6CCC6)CCO5)c([N+](=O)[O-])c4)c(Oc4cnc5[nH]ccc5c4)c3)CC2)CCC(C)(C)C1. The molecule has 1 unspecified atom stereocenters. The minimum Gasteiger partial charge on any atom is -0.455 e. The minimum absolute atomic E-state index is 0.000985. The number of nitro benzene ring substituents is 1. The number of hydrogen-bond acceptors (Lipinski definition) is 13. The van der Waals surface area contributed by atoms with E-state index in [1.54, 1.807) is 37.4 Å². The molecular weight excluding hydrogens is 976 g/mol. The fourth-order valence-electron chi connectivity index (χ4n) is 10.0. The number of allylic oxidation sites excluding steroid dienone is 1. The summed E-state index contributed by atoms with van der Waals surface area (Å²) in [5.74, 6) is -1.44. The van der Waals surface area contributed by atoms with Crippen LogP contribution in [0.25, 0.3) is 16.6 Å². The van der Waals surface area contributed by atoms with Gasteiger partial charge >= 0.3 is 6.18 Å². The molecule has 0 radical (unpaired) electrons. The molecule has 21 heteroatoms. The number of piperazine rings is 1. The fourth-order valence-corrected chi connectivity index (χ4v) is 13.3. The molecule has 4 aliphatic rings. The van der Waals surface area contributed by atoms with Crippen molar-refractivity contribution in [3.05, 3.63) is 117 Å². The minimum atomic E-state index is -4.46. The Morgan fingerprint density at radius 2 is 1.78 bits per heavy atom. The van der Waals surface area contributed by atoms with Crippen LogP contribution in [0.3, 0.4) is 0 Å². The number of nitrogens with one attached hydrogen (secondary N) is 2. The Morgan fingerprint density at radius 1 is 1.00 bits per heavy atom. The molecule has 0 bridgehead atoms. The summed E-state index contributed by atoms with van der Waals surface area (Å²) in [6.45, 7) is 9.83. The van der Waals surface area contributed by atoms with Gasteiger partial charge in [0, 0.05) is 81.8 Å². The number of carbonyl (C=O) groups is 1. The summed E-state index contributed by atoms with van der Waals surface area (Å²) < 4.78 is 108. The molecule has 2 N–H and O–H groups in total. The van der Waals surface area contributed by atoms with E-state index in [2.05, 4.69) is 38.9 Å². The molecule has 1 atom stereocenters. The van der Waals surface area contributed by atoms with Crippen molar-refractivity contribution in [3.8, 4) is 11.5 Å². The zero-order valence-corrected chi connectivity index (χ0v) is 42.0. The van der Waals surface area contributed by atoms with Crippen molar-refractivity contribution < 1.29 is 49.2 Å². The summed E-state index contributed by atoms with van der Waals surface area (Å²) >= 11 is 0. The van der Waals surface area contributed by atoms with Crippen molar-refractivity contribution in [2.24, 2.45) is 5.41 Å². The normalized spacial score (nSPS) is 19.6. The van der Waals surface area contributed by atoms with Crippen LogP contribution < -0.4 is 15.0 Å². The van der Waals surface area contributed by atoms with Crippen LogP contribution in [0.15, 0.2) is 89.6 Å². The predicted octanol–water partition coefficient (Wildman–Crippen LogP) is 9.03. The number of aryl methyl sites for hydroxylation is 1. The number of pyridine rings is 1. The quantitative estimate of drug-likeness (QED) is 0.0540. The zero-order chi connectivity index (χ0) is 51.2. The molecule has 1 saturated carbocycles. The van der Waals surface area contributed by atoms with Gasteiger partial charge in [-0.25, -0.2) is 21.8 Å². The number of sulfonamides is 1. The van der Waals surface area contributed by atoms with Crippen LogP contribution >= 0.6 is 0 Å². The second kappa shape index (κ2) is 20.2. The maximum Gasteiger partial charge on any atom is 0.416 e. The first-order valence-corrected chi connectivity index (χ1v) is 27.3. The van der Waals surface area contributed by atoms with Crippen molar-refractivity contribution in [2.45, 2.75) is 81.7 Å². The van der Waals surface area contributed by atoms with Gasteiger partial charge in [-0.05, 0) is 110 Å². The van der Waals surface area contributed by atoms with Crippen molar-refractivity contribution in [3.63, 3.8) is 0 Å². The molecule has 16 nitrogen and oxygen atoms in total. The van der Waals surface area contributed by atoms with Gasteiger partial charge in [0.25, 0.3) is 5.69 Å². The third-order valence-electron chi connectivity index (χ3n) is 14.4. The first-order chi connectivity index (χ1) is 34.1. The monoisotopic (exact) mass is 1030 g/mol. The molecule has 2 saturated heterocycles. The lowest BCUT2D eigenvalue weighted by atomic mass is 9.72. The van der Waals surface area contributed by atoms with Gasteiger partial charge < -0.3 is 24.7 Å². The van der Waals surface area contributed by atoms with Gasteiger partial charge in [0.15, 0.2) is 15.6 Å². The molecular formula is C51H58F3N7O9S2. The van der Waals surface area contributed by atoms with Crippen LogP contribution in [0.5, 0.6) is 11.5 Å². The number of H-pyrrole nitrogens is 1. The molecule has 2 aromatic heterocycles. The van der Waals surface area contributed by atoms with Crippen LogP contribution in [0.4, 0.5) is 30.2 Å². The van der Waals surface area contributed by atoms with E-state index < -0.39 is 70.0 Å². The second-order valence-electron chi connectivity index (χ2n) is 20.0. The molecule has 384 valence electrons. The molecule has 9 rings (SSSR count). The smallest absolute Gasteiger partial charge is 0.416 e. The lowest BCUT2D eigenvalue weighted by Gasteiger charge is -2.39. The third kappa shape index (κ3) is 11.2. The van der Waals surface area contributed by atoms with Gasteiger partial charge in [0.1, 0.15) is 28.6 Å². The molecule has 4 heterocycles. The number of carbonyl (C=O) groups excluding carboxylic acids is 1. The number of halogens is 3. The maximum absolute atomic E-state index is 14.2. The number of hydrogen-bond donors (Lipinski definition) is 2. The van der Waals surface area contributed by atoms with Crippen LogP contribution in [0.2, 0.25) is 0 Å². The van der Waals surface area contributed by atoms with E-state index in [0.717, 1.165) is 54.0 Å². The second-order valence-corrected chi connectivity index (χ2v) is 24.2. The Labute approximate surface area is 416 Å². The van der Waals surface area contributed by atoms with Gasteiger partial charge in [-0.15, -0.1) is 0 Å². The van der Waals surface area contributed by atoms with Gasteiger partial charge in [-0.1, -0.05) is 31.9 Å². The number of rotatable bonds is 16. The van der Waals surface area contributed by atoms with E-state index in [1.807, 2.05) is 6.07 Å². The van der Waals surface area contributed by atoms with E-state index >= 15 is 0 Å². The van der Waals surface area contributed by atoms with Crippen molar-refractivity contribution >= 4 is 59.3 Å². The van der Waals surface area contributed by atoms with Crippen LogP contribution in [0, 0.1) is 22.5 Å². The average molecular weight is 1030 g/mol. The highest BCUT2D eigenvalue weighted by atomic mass is 32.2. The summed E-state index contributed by atoms with van der Waals surface area (Å²) in [7, 11) is -7.94. The Bertz CT molecular complexity index is 3150. The summed E-state index contributed by atoms with van der Waals surface area (Å²) in [6, 6.07) is 15.8. The van der Waals surface area contributed by atoms with Gasteiger partial charge in [0.05, 0.1) is 45.1 Å². The van der Waals surface area contributed by atoms with E-state index in [0.29, 0.717) is 62.5 Å². The van der Waals surface area contributed by atoms with E-state index in [4.69, 9.17) is 9.47 Å². The largest absolute Gasteiger partial charge is 0.455 e. The average Bonchev–Trinajstić information content (AvgIpc) is 3.79. The van der Waals surface area contributed by atoms with Crippen molar-refractivity contribution in [1.29, 1.82) is 0 Å². The van der Waals surface area contributed by atoms with Crippen LogP contribution in [-0.4, -0.2) is 123 Å². The maximum atomic E-state index is 14.2. The number of Topliss-reactive ketones (excluding diaryl/α,β-unsaturated/α-hetero) is 1. The van der Waals surface area contributed by atoms with Crippen molar-refractivity contribution in [2.75, 3.05) is 74.9 Å². The number of ether oxygens (including phenoxy) is 2. The zero-order valence-electron chi connectivity index (χ0n) is 40.3. The summed E-state index contributed by atoms with van der Waals surface area (Å²) in [5.41, 5.74) is 3.90. The van der Waals surface area contributed by atoms with E-state index in [9.17, 15) is 44.9 Å². The van der Waals surface area contributed by atoms with E-state index in [1.165, 1.54) is 46.4 Å². The van der Waals surface area contributed by atoms with E-state index in [-0.39, 0.29) is 48.7 Å². The lowest BCUT2D eigenvalue weighted by Crippen LogP contribution is -2.51. The number of morpholine rings is 1. The Kier molecular flexibility index (Phi) is 14.3. The molecule has 2 aliphatic carbocycles. The summed E-state index contributed by atoms with van der Waals surface area (Å²) in [4.78, 5) is 37.2. The van der Waals surface area contributed by atoms with Crippen molar-refractivity contribution in [1.82, 2.24) is 19.2 Å². The number of nitrogens with zero attached hydrogens (tertiary/aromatic N) is 5. The number of anilines is 2. The molecule has 0 amide bonds. The molecule has 5 aromatic rings. The number of fused-ring (bicyclic) bond motifs is 1. The summed E-state index contributed by atoms with van der Waals surface area (Å²) in [5, 5.41) is 15.6. The molecule has 0 spiro atoms. The Balaban J connectivity index is 0.907.